The molecule has 0 atom stereocenters. The zero-order chi connectivity index (χ0) is 14.1. The number of hydrogen-bond acceptors (Lipinski definition) is 5. The second-order valence-corrected chi connectivity index (χ2v) is 5.37. The largest absolute Gasteiger partial charge is 0.493 e. The van der Waals surface area contributed by atoms with Gasteiger partial charge in [0.25, 0.3) is 0 Å². The summed E-state index contributed by atoms with van der Waals surface area (Å²) in [5.74, 6) is 1.44. The Hall–Kier alpha value is -2.27. The number of ether oxygens (including phenoxy) is 2. The minimum atomic E-state index is 0.587. The lowest BCUT2D eigenvalue weighted by atomic mass is 10.0. The highest BCUT2D eigenvalue weighted by atomic mass is 32.1. The maximum absolute atomic E-state index is 5.73. The molecule has 5 heteroatoms. The van der Waals surface area contributed by atoms with Gasteiger partial charge in [0.05, 0.1) is 24.4 Å². The van der Waals surface area contributed by atoms with Crippen molar-refractivity contribution in [3.8, 4) is 22.6 Å². The first-order valence-corrected chi connectivity index (χ1v) is 6.91. The Bertz CT molecular complexity index is 768. The van der Waals surface area contributed by atoms with Gasteiger partial charge in [-0.3, -0.25) is 0 Å². The Morgan fingerprint density at radius 2 is 1.65 bits per heavy atom. The molecular weight excluding hydrogens is 272 g/mol. The van der Waals surface area contributed by atoms with Crippen LogP contribution in [0.3, 0.4) is 0 Å². The highest BCUT2D eigenvalue weighted by Gasteiger charge is 2.08. The quantitative estimate of drug-likeness (QED) is 0.799. The molecule has 3 rings (SSSR count). The first kappa shape index (κ1) is 12.7. The maximum atomic E-state index is 5.73. The number of nitrogen functional groups attached to an aromatic ring is 1. The van der Waals surface area contributed by atoms with E-state index in [2.05, 4.69) is 11.1 Å². The number of rotatable bonds is 3. The van der Waals surface area contributed by atoms with Crippen molar-refractivity contribution in [3.63, 3.8) is 0 Å². The number of thiazole rings is 1. The van der Waals surface area contributed by atoms with Crippen LogP contribution in [0.2, 0.25) is 0 Å². The predicted molar refractivity (Wildman–Crippen MR) is 82.6 cm³/mol. The molecule has 3 aromatic rings. The molecule has 20 heavy (non-hydrogen) atoms. The first-order valence-electron chi connectivity index (χ1n) is 6.09. The van der Waals surface area contributed by atoms with E-state index in [1.165, 1.54) is 11.3 Å². The van der Waals surface area contributed by atoms with Crippen molar-refractivity contribution in [2.45, 2.75) is 0 Å². The Balaban J connectivity index is 2.09. The average Bonchev–Trinajstić information content (AvgIpc) is 2.85. The molecule has 1 aromatic heterocycles. The zero-order valence-corrected chi connectivity index (χ0v) is 12.0. The van der Waals surface area contributed by atoms with E-state index < -0.39 is 0 Å². The van der Waals surface area contributed by atoms with E-state index in [1.807, 2.05) is 30.3 Å². The van der Waals surface area contributed by atoms with Gasteiger partial charge in [-0.2, -0.15) is 0 Å². The van der Waals surface area contributed by atoms with Gasteiger partial charge in [-0.15, -0.1) is 0 Å². The van der Waals surface area contributed by atoms with Crippen molar-refractivity contribution in [1.29, 1.82) is 0 Å². The van der Waals surface area contributed by atoms with Gasteiger partial charge >= 0.3 is 0 Å². The SMILES string of the molecule is COc1ccc(-c2ccc3nc(N)sc3c2)cc1OC. The van der Waals surface area contributed by atoms with Gasteiger partial charge in [-0.05, 0) is 35.4 Å². The molecule has 0 unspecified atom stereocenters. The lowest BCUT2D eigenvalue weighted by Gasteiger charge is -2.09. The van der Waals surface area contributed by atoms with E-state index in [9.17, 15) is 0 Å². The Morgan fingerprint density at radius 1 is 0.950 bits per heavy atom. The third-order valence-electron chi connectivity index (χ3n) is 3.12. The molecule has 102 valence electrons. The highest BCUT2D eigenvalue weighted by Crippen LogP contribution is 2.34. The molecule has 0 fully saturated rings. The number of methoxy groups -OCH3 is 2. The van der Waals surface area contributed by atoms with Gasteiger partial charge in [-0.25, -0.2) is 4.98 Å². The van der Waals surface area contributed by atoms with Crippen LogP contribution < -0.4 is 15.2 Å². The van der Waals surface area contributed by atoms with Crippen LogP contribution in [0.15, 0.2) is 36.4 Å². The van der Waals surface area contributed by atoms with E-state index in [0.717, 1.165) is 27.1 Å². The normalized spacial score (nSPS) is 10.7. The number of nitrogens with zero attached hydrogens (tertiary/aromatic N) is 1. The fourth-order valence-corrected chi connectivity index (χ4v) is 2.91. The monoisotopic (exact) mass is 286 g/mol. The van der Waals surface area contributed by atoms with Crippen LogP contribution in [-0.4, -0.2) is 19.2 Å². The Morgan fingerprint density at radius 3 is 2.40 bits per heavy atom. The fourth-order valence-electron chi connectivity index (χ4n) is 2.14. The molecule has 0 aliphatic rings. The lowest BCUT2D eigenvalue weighted by molar-refractivity contribution is 0.355. The molecule has 0 aliphatic heterocycles. The minimum Gasteiger partial charge on any atom is -0.493 e. The van der Waals surface area contributed by atoms with Crippen molar-refractivity contribution in [3.05, 3.63) is 36.4 Å². The number of aromatic nitrogens is 1. The summed E-state index contributed by atoms with van der Waals surface area (Å²) >= 11 is 1.49. The molecule has 0 radical (unpaired) electrons. The molecule has 2 N–H and O–H groups in total. The summed E-state index contributed by atoms with van der Waals surface area (Å²) in [7, 11) is 3.26. The molecule has 0 aliphatic carbocycles. The molecular formula is C15H14N2O2S. The van der Waals surface area contributed by atoms with Crippen molar-refractivity contribution in [2.24, 2.45) is 0 Å². The van der Waals surface area contributed by atoms with Gasteiger partial charge in [0.15, 0.2) is 16.6 Å². The summed E-state index contributed by atoms with van der Waals surface area (Å²) in [4.78, 5) is 4.26. The number of hydrogen-bond donors (Lipinski definition) is 1. The fraction of sp³-hybridized carbons (Fsp3) is 0.133. The molecule has 0 amide bonds. The maximum Gasteiger partial charge on any atom is 0.181 e. The second kappa shape index (κ2) is 5.02. The van der Waals surface area contributed by atoms with Crippen LogP contribution in [0, 0.1) is 0 Å². The average molecular weight is 286 g/mol. The molecule has 2 aromatic carbocycles. The number of anilines is 1. The summed E-state index contributed by atoms with van der Waals surface area (Å²) in [6.07, 6.45) is 0. The third-order valence-corrected chi connectivity index (χ3v) is 3.97. The number of nitrogens with two attached hydrogens (primary N) is 1. The molecule has 0 saturated carbocycles. The number of benzene rings is 2. The molecule has 1 heterocycles. The first-order chi connectivity index (χ1) is 9.71. The van der Waals surface area contributed by atoms with E-state index in [0.29, 0.717) is 10.9 Å². The van der Waals surface area contributed by atoms with Crippen molar-refractivity contribution < 1.29 is 9.47 Å². The summed E-state index contributed by atoms with van der Waals surface area (Å²) in [5.41, 5.74) is 8.83. The van der Waals surface area contributed by atoms with Crippen LogP contribution in [0.25, 0.3) is 21.3 Å². The van der Waals surface area contributed by atoms with Crippen molar-refractivity contribution >= 4 is 26.7 Å². The van der Waals surface area contributed by atoms with Gasteiger partial charge in [0.1, 0.15) is 0 Å². The van der Waals surface area contributed by atoms with Crippen LogP contribution >= 0.6 is 11.3 Å². The van der Waals surface area contributed by atoms with Crippen LogP contribution in [0.5, 0.6) is 11.5 Å². The highest BCUT2D eigenvalue weighted by molar-refractivity contribution is 7.22. The van der Waals surface area contributed by atoms with Gasteiger partial charge in [0, 0.05) is 0 Å². The molecule has 0 spiro atoms. The van der Waals surface area contributed by atoms with E-state index in [4.69, 9.17) is 15.2 Å². The molecule has 4 nitrogen and oxygen atoms in total. The minimum absolute atomic E-state index is 0.587. The standard InChI is InChI=1S/C15H14N2O2S/c1-18-12-6-4-9(7-13(12)19-2)10-3-5-11-14(8-10)20-15(16)17-11/h3-8H,1-2H3,(H2,16,17). The molecule has 0 saturated heterocycles. The van der Waals surface area contributed by atoms with Gasteiger partial charge in [-0.1, -0.05) is 23.5 Å². The van der Waals surface area contributed by atoms with Crippen molar-refractivity contribution in [2.75, 3.05) is 20.0 Å². The number of fused-ring (bicyclic) bond motifs is 1. The van der Waals surface area contributed by atoms with E-state index in [-0.39, 0.29) is 0 Å². The van der Waals surface area contributed by atoms with Gasteiger partial charge in [0.2, 0.25) is 0 Å². The Labute approximate surface area is 120 Å². The summed E-state index contributed by atoms with van der Waals surface area (Å²) in [6.45, 7) is 0. The predicted octanol–water partition coefficient (Wildman–Crippen LogP) is 3.56. The summed E-state index contributed by atoms with van der Waals surface area (Å²) < 4.78 is 11.7. The molecule has 0 bridgehead atoms. The van der Waals surface area contributed by atoms with E-state index in [1.54, 1.807) is 14.2 Å². The van der Waals surface area contributed by atoms with E-state index >= 15 is 0 Å². The van der Waals surface area contributed by atoms with Crippen LogP contribution in [0.1, 0.15) is 0 Å². The van der Waals surface area contributed by atoms with Crippen LogP contribution in [-0.2, 0) is 0 Å². The van der Waals surface area contributed by atoms with Crippen molar-refractivity contribution in [1.82, 2.24) is 4.98 Å². The lowest BCUT2D eigenvalue weighted by Crippen LogP contribution is -1.90. The van der Waals surface area contributed by atoms with Crippen LogP contribution in [0.4, 0.5) is 5.13 Å². The summed E-state index contributed by atoms with van der Waals surface area (Å²) in [6, 6.07) is 12.0. The topological polar surface area (TPSA) is 57.4 Å². The smallest absolute Gasteiger partial charge is 0.181 e. The van der Waals surface area contributed by atoms with Gasteiger partial charge < -0.3 is 15.2 Å². The zero-order valence-electron chi connectivity index (χ0n) is 11.2. The third kappa shape index (κ3) is 2.16. The Kier molecular flexibility index (Phi) is 3.20. The summed E-state index contributed by atoms with van der Waals surface area (Å²) in [5, 5.41) is 0.587. The second-order valence-electron chi connectivity index (χ2n) is 4.30.